The second-order valence-corrected chi connectivity index (χ2v) is 4.68. The summed E-state index contributed by atoms with van der Waals surface area (Å²) >= 11 is 0. The Morgan fingerprint density at radius 2 is 2.14 bits per heavy atom. The van der Waals surface area contributed by atoms with Crippen molar-refractivity contribution >= 4 is 23.1 Å². The van der Waals surface area contributed by atoms with Crippen LogP contribution >= 0.6 is 0 Å². The Morgan fingerprint density at radius 1 is 1.33 bits per heavy atom. The van der Waals surface area contributed by atoms with Crippen LogP contribution < -0.4 is 11.1 Å². The number of nitrogens with two attached hydrogens (primary N) is 1. The molecule has 0 saturated carbocycles. The molecule has 0 saturated heterocycles. The van der Waals surface area contributed by atoms with Gasteiger partial charge in [0.1, 0.15) is 23.0 Å². The molecule has 1 aromatic carbocycles. The van der Waals surface area contributed by atoms with E-state index in [1.165, 1.54) is 23.6 Å². The number of benzene rings is 1. The van der Waals surface area contributed by atoms with Gasteiger partial charge in [-0.25, -0.2) is 9.37 Å². The molecular weight excluding hydrogens is 271 g/mol. The number of halogens is 1. The van der Waals surface area contributed by atoms with E-state index in [-0.39, 0.29) is 11.7 Å². The molecule has 0 aliphatic rings. The maximum Gasteiger partial charge on any atom is 0.221 e. The number of nitrogen functional groups attached to an aromatic ring is 1. The Hall–Kier alpha value is -2.89. The average molecular weight is 284 g/mol. The molecule has 5 nitrogen and oxygen atoms in total. The van der Waals surface area contributed by atoms with Gasteiger partial charge < -0.3 is 11.1 Å². The second kappa shape index (κ2) is 4.90. The number of anilines is 2. The molecule has 0 aliphatic heterocycles. The summed E-state index contributed by atoms with van der Waals surface area (Å²) in [5.74, 6) is -0.188. The fraction of sp³-hybridized carbons (Fsp3) is 0.0667. The number of pyridine rings is 1. The third-order valence-corrected chi connectivity index (χ3v) is 3.08. The average Bonchev–Trinajstić information content (AvgIpc) is 2.76. The monoisotopic (exact) mass is 284 g/mol. The van der Waals surface area contributed by atoms with Gasteiger partial charge in [-0.3, -0.25) is 9.20 Å². The quantitative estimate of drug-likeness (QED) is 0.760. The third-order valence-electron chi connectivity index (χ3n) is 3.08. The van der Waals surface area contributed by atoms with Crippen molar-refractivity contribution in [2.75, 3.05) is 11.1 Å². The van der Waals surface area contributed by atoms with Gasteiger partial charge in [0.15, 0.2) is 0 Å². The highest BCUT2D eigenvalue weighted by molar-refractivity contribution is 5.90. The minimum Gasteiger partial charge on any atom is -0.383 e. The second-order valence-electron chi connectivity index (χ2n) is 4.68. The van der Waals surface area contributed by atoms with Gasteiger partial charge in [0.2, 0.25) is 5.91 Å². The fourth-order valence-electron chi connectivity index (χ4n) is 2.20. The molecular formula is C15H13FN4O. The number of aromatic nitrogens is 2. The lowest BCUT2D eigenvalue weighted by atomic mass is 10.1. The SMILES string of the molecule is CC(=O)Nc1cccc(-c2nc3ccc(F)cn3c2N)c1. The molecule has 1 amide bonds. The summed E-state index contributed by atoms with van der Waals surface area (Å²) < 4.78 is 14.8. The number of hydrogen-bond acceptors (Lipinski definition) is 3. The highest BCUT2D eigenvalue weighted by atomic mass is 19.1. The fourth-order valence-corrected chi connectivity index (χ4v) is 2.20. The summed E-state index contributed by atoms with van der Waals surface area (Å²) in [6, 6.07) is 10.1. The van der Waals surface area contributed by atoms with E-state index in [9.17, 15) is 9.18 Å². The number of amides is 1. The van der Waals surface area contributed by atoms with E-state index in [0.29, 0.717) is 22.8 Å². The van der Waals surface area contributed by atoms with E-state index in [1.54, 1.807) is 24.3 Å². The lowest BCUT2D eigenvalue weighted by molar-refractivity contribution is -0.114. The van der Waals surface area contributed by atoms with Crippen LogP contribution in [-0.2, 0) is 4.79 Å². The van der Waals surface area contributed by atoms with Crippen LogP contribution in [0, 0.1) is 5.82 Å². The highest BCUT2D eigenvalue weighted by Gasteiger charge is 2.12. The van der Waals surface area contributed by atoms with E-state index < -0.39 is 0 Å². The maximum absolute atomic E-state index is 13.3. The Morgan fingerprint density at radius 3 is 2.90 bits per heavy atom. The summed E-state index contributed by atoms with van der Waals surface area (Å²) in [6.07, 6.45) is 1.29. The molecule has 0 atom stereocenters. The van der Waals surface area contributed by atoms with E-state index in [4.69, 9.17) is 5.73 Å². The molecule has 0 fully saturated rings. The molecule has 0 bridgehead atoms. The molecule has 3 aromatic rings. The number of carbonyl (C=O) groups excluding carboxylic acids is 1. The smallest absolute Gasteiger partial charge is 0.221 e. The number of imidazole rings is 1. The molecule has 2 heterocycles. The van der Waals surface area contributed by atoms with Crippen LogP contribution in [0.5, 0.6) is 0 Å². The van der Waals surface area contributed by atoms with Crippen molar-refractivity contribution < 1.29 is 9.18 Å². The van der Waals surface area contributed by atoms with Crippen molar-refractivity contribution in [3.05, 3.63) is 48.4 Å². The Bertz CT molecular complexity index is 841. The normalized spacial score (nSPS) is 10.8. The summed E-state index contributed by atoms with van der Waals surface area (Å²) in [6.45, 7) is 1.44. The van der Waals surface area contributed by atoms with Crippen molar-refractivity contribution in [3.8, 4) is 11.3 Å². The van der Waals surface area contributed by atoms with Crippen LogP contribution in [0.2, 0.25) is 0 Å². The van der Waals surface area contributed by atoms with Crippen LogP contribution in [0.25, 0.3) is 16.9 Å². The Balaban J connectivity index is 2.12. The van der Waals surface area contributed by atoms with Crippen LogP contribution in [0.3, 0.4) is 0 Å². The molecule has 3 rings (SSSR count). The first-order chi connectivity index (χ1) is 10.0. The molecule has 106 valence electrons. The molecule has 3 N–H and O–H groups in total. The zero-order valence-electron chi connectivity index (χ0n) is 11.3. The zero-order chi connectivity index (χ0) is 15.0. The number of hydrogen-bond donors (Lipinski definition) is 2. The first-order valence-electron chi connectivity index (χ1n) is 6.36. The molecule has 0 radical (unpaired) electrons. The van der Waals surface area contributed by atoms with Gasteiger partial charge in [0.05, 0.1) is 0 Å². The van der Waals surface area contributed by atoms with Gasteiger partial charge in [-0.15, -0.1) is 0 Å². The number of nitrogens with one attached hydrogen (secondary N) is 1. The molecule has 2 aromatic heterocycles. The Labute approximate surface area is 120 Å². The van der Waals surface area contributed by atoms with Gasteiger partial charge in [-0.2, -0.15) is 0 Å². The van der Waals surface area contributed by atoms with E-state index in [0.717, 1.165) is 5.56 Å². The molecule has 0 spiro atoms. The van der Waals surface area contributed by atoms with E-state index >= 15 is 0 Å². The van der Waals surface area contributed by atoms with Crippen molar-refractivity contribution in [2.45, 2.75) is 6.92 Å². The molecule has 0 unspecified atom stereocenters. The zero-order valence-corrected chi connectivity index (χ0v) is 11.3. The van der Waals surface area contributed by atoms with Crippen molar-refractivity contribution in [3.63, 3.8) is 0 Å². The largest absolute Gasteiger partial charge is 0.383 e. The number of nitrogens with zero attached hydrogens (tertiary/aromatic N) is 2. The van der Waals surface area contributed by atoms with Gasteiger partial charge in [-0.1, -0.05) is 12.1 Å². The standard InChI is InChI=1S/C15H13FN4O/c1-9(21)18-12-4-2-3-10(7-12)14-15(17)20-8-11(16)5-6-13(20)19-14/h2-8H,17H2,1H3,(H,18,21). The lowest BCUT2D eigenvalue weighted by Crippen LogP contribution is -2.05. The van der Waals surface area contributed by atoms with E-state index in [1.807, 2.05) is 6.07 Å². The van der Waals surface area contributed by atoms with Crippen LogP contribution in [0.4, 0.5) is 15.9 Å². The minimum atomic E-state index is -0.384. The summed E-state index contributed by atoms with van der Waals surface area (Å²) in [7, 11) is 0. The van der Waals surface area contributed by atoms with Crippen molar-refractivity contribution in [2.24, 2.45) is 0 Å². The van der Waals surface area contributed by atoms with Gasteiger partial charge in [0, 0.05) is 24.4 Å². The number of rotatable bonds is 2. The predicted molar refractivity (Wildman–Crippen MR) is 79.3 cm³/mol. The van der Waals surface area contributed by atoms with Crippen LogP contribution in [0.15, 0.2) is 42.6 Å². The first kappa shape index (κ1) is 13.1. The summed E-state index contributed by atoms with van der Waals surface area (Å²) in [4.78, 5) is 15.5. The molecule has 0 aliphatic carbocycles. The van der Waals surface area contributed by atoms with Gasteiger partial charge in [0.25, 0.3) is 0 Å². The maximum atomic E-state index is 13.3. The number of carbonyl (C=O) groups is 1. The summed E-state index contributed by atoms with van der Waals surface area (Å²) in [5.41, 5.74) is 8.56. The highest BCUT2D eigenvalue weighted by Crippen LogP contribution is 2.28. The predicted octanol–water partition coefficient (Wildman–Crippen LogP) is 2.68. The van der Waals surface area contributed by atoms with Crippen LogP contribution in [-0.4, -0.2) is 15.3 Å². The van der Waals surface area contributed by atoms with Crippen LogP contribution in [0.1, 0.15) is 6.92 Å². The summed E-state index contributed by atoms with van der Waals surface area (Å²) in [5, 5.41) is 2.70. The van der Waals surface area contributed by atoms with Crippen molar-refractivity contribution in [1.29, 1.82) is 0 Å². The Kier molecular flexibility index (Phi) is 3.06. The van der Waals surface area contributed by atoms with Gasteiger partial charge >= 0.3 is 0 Å². The van der Waals surface area contributed by atoms with Gasteiger partial charge in [-0.05, 0) is 24.3 Å². The first-order valence-corrected chi connectivity index (χ1v) is 6.36. The molecule has 6 heteroatoms. The number of fused-ring (bicyclic) bond motifs is 1. The third kappa shape index (κ3) is 2.43. The van der Waals surface area contributed by atoms with Crippen molar-refractivity contribution in [1.82, 2.24) is 9.38 Å². The van der Waals surface area contributed by atoms with E-state index in [2.05, 4.69) is 10.3 Å². The topological polar surface area (TPSA) is 72.4 Å². The minimum absolute atomic E-state index is 0.155. The molecule has 21 heavy (non-hydrogen) atoms. The lowest BCUT2D eigenvalue weighted by Gasteiger charge is -2.04.